The molecule has 0 radical (unpaired) electrons. The number of aliphatic carboxylic acids is 1. The maximum Gasteiger partial charge on any atom is 0.303 e. The minimum Gasteiger partial charge on any atom is -0.481 e. The van der Waals surface area contributed by atoms with Crippen molar-refractivity contribution in [1.29, 1.82) is 0 Å². The van der Waals surface area contributed by atoms with E-state index in [0.29, 0.717) is 17.0 Å². The minimum atomic E-state index is -0.896. The molecule has 0 atom stereocenters. The summed E-state index contributed by atoms with van der Waals surface area (Å²) in [5.41, 5.74) is -0.312. The van der Waals surface area contributed by atoms with Gasteiger partial charge in [0.15, 0.2) is 0 Å². The van der Waals surface area contributed by atoms with Crippen LogP contribution in [0.15, 0.2) is 18.2 Å². The Hall–Kier alpha value is -1.26. The third-order valence-corrected chi connectivity index (χ3v) is 3.14. The van der Waals surface area contributed by atoms with Gasteiger partial charge in [-0.15, -0.1) is 0 Å². The largest absolute Gasteiger partial charge is 0.481 e. The molecule has 0 aliphatic rings. The lowest BCUT2D eigenvalue weighted by Crippen LogP contribution is -2.43. The third kappa shape index (κ3) is 5.09. The van der Waals surface area contributed by atoms with Crippen LogP contribution in [0.5, 0.6) is 0 Å². The van der Waals surface area contributed by atoms with Crippen LogP contribution in [0.1, 0.15) is 37.0 Å². The molecule has 1 aromatic rings. The highest BCUT2D eigenvalue weighted by Gasteiger charge is 2.23. The molecular formula is C13H15Cl2NO3. The number of carboxylic acids is 1. The number of carbonyl (C=O) groups excluding carboxylic acids is 1. The van der Waals surface area contributed by atoms with E-state index in [4.69, 9.17) is 28.3 Å². The van der Waals surface area contributed by atoms with Crippen molar-refractivity contribution in [1.82, 2.24) is 5.32 Å². The van der Waals surface area contributed by atoms with Gasteiger partial charge < -0.3 is 10.4 Å². The van der Waals surface area contributed by atoms with E-state index in [1.54, 1.807) is 19.9 Å². The quantitative estimate of drug-likeness (QED) is 0.876. The molecule has 104 valence electrons. The molecule has 0 unspecified atom stereocenters. The summed E-state index contributed by atoms with van der Waals surface area (Å²) in [6, 6.07) is 4.60. The maximum absolute atomic E-state index is 12.1. The molecule has 0 bridgehead atoms. The highest BCUT2D eigenvalue weighted by molar-refractivity contribution is 6.36. The van der Waals surface area contributed by atoms with Gasteiger partial charge in [-0.25, -0.2) is 0 Å². The number of amides is 1. The second-order valence-corrected chi connectivity index (χ2v) is 5.70. The fourth-order valence-electron chi connectivity index (χ4n) is 1.53. The Morgan fingerprint density at radius 1 is 1.32 bits per heavy atom. The van der Waals surface area contributed by atoms with Crippen LogP contribution in [0.4, 0.5) is 0 Å². The van der Waals surface area contributed by atoms with Crippen molar-refractivity contribution in [2.24, 2.45) is 0 Å². The molecule has 0 aliphatic carbocycles. The molecule has 0 fully saturated rings. The lowest BCUT2D eigenvalue weighted by molar-refractivity contribution is -0.137. The van der Waals surface area contributed by atoms with Crippen molar-refractivity contribution in [3.8, 4) is 0 Å². The second-order valence-electron chi connectivity index (χ2n) is 4.86. The summed E-state index contributed by atoms with van der Waals surface area (Å²) in [6.45, 7) is 3.52. The van der Waals surface area contributed by atoms with Crippen LogP contribution in [0.3, 0.4) is 0 Å². The summed E-state index contributed by atoms with van der Waals surface area (Å²) in [6.07, 6.45) is 0.320. The van der Waals surface area contributed by atoms with Crippen LogP contribution in [0.2, 0.25) is 10.0 Å². The first kappa shape index (κ1) is 15.8. The highest BCUT2D eigenvalue weighted by Crippen LogP contribution is 2.22. The summed E-state index contributed by atoms with van der Waals surface area (Å²) in [7, 11) is 0. The average molecular weight is 304 g/mol. The van der Waals surface area contributed by atoms with Crippen molar-refractivity contribution in [3.05, 3.63) is 33.8 Å². The summed E-state index contributed by atoms with van der Waals surface area (Å²) in [4.78, 5) is 22.6. The van der Waals surface area contributed by atoms with Crippen molar-refractivity contribution in [3.63, 3.8) is 0 Å². The first-order chi connectivity index (χ1) is 8.71. The standard InChI is InChI=1S/C13H15Cl2NO3/c1-13(2,6-5-11(17)18)16-12(19)9-4-3-8(14)7-10(9)15/h3-4,7H,5-6H2,1-2H3,(H,16,19)(H,17,18). The molecule has 0 spiro atoms. The second kappa shape index (κ2) is 6.26. The molecule has 0 saturated heterocycles. The predicted octanol–water partition coefficient (Wildman–Crippen LogP) is 3.37. The molecule has 0 heterocycles. The molecule has 0 saturated carbocycles. The van der Waals surface area contributed by atoms with Crippen LogP contribution in [-0.4, -0.2) is 22.5 Å². The zero-order valence-corrected chi connectivity index (χ0v) is 12.2. The SMILES string of the molecule is CC(C)(CCC(=O)O)NC(=O)c1ccc(Cl)cc1Cl. The fraction of sp³-hybridized carbons (Fsp3) is 0.385. The average Bonchev–Trinajstić information content (AvgIpc) is 2.25. The normalized spacial score (nSPS) is 11.2. The van der Waals surface area contributed by atoms with Gasteiger partial charge in [-0.05, 0) is 38.5 Å². The van der Waals surface area contributed by atoms with Crippen molar-refractivity contribution in [2.75, 3.05) is 0 Å². The number of hydrogen-bond donors (Lipinski definition) is 2. The smallest absolute Gasteiger partial charge is 0.303 e. The Bertz CT molecular complexity index is 501. The number of benzene rings is 1. The van der Waals surface area contributed by atoms with Gasteiger partial charge in [0.1, 0.15) is 0 Å². The maximum atomic E-state index is 12.1. The number of hydrogen-bond acceptors (Lipinski definition) is 2. The van der Waals surface area contributed by atoms with Crippen LogP contribution in [0.25, 0.3) is 0 Å². The summed E-state index contributed by atoms with van der Waals surface area (Å²) in [5, 5.41) is 12.1. The van der Waals surface area contributed by atoms with Gasteiger partial charge in [-0.1, -0.05) is 23.2 Å². The first-order valence-electron chi connectivity index (χ1n) is 5.70. The Labute approximate surface area is 121 Å². The van der Waals surface area contributed by atoms with Crippen molar-refractivity contribution in [2.45, 2.75) is 32.2 Å². The lowest BCUT2D eigenvalue weighted by Gasteiger charge is -2.25. The van der Waals surface area contributed by atoms with E-state index in [9.17, 15) is 9.59 Å². The molecule has 1 amide bonds. The Morgan fingerprint density at radius 2 is 1.95 bits per heavy atom. The monoisotopic (exact) mass is 303 g/mol. The van der Waals surface area contributed by atoms with Crippen LogP contribution >= 0.6 is 23.2 Å². The molecule has 1 rings (SSSR count). The predicted molar refractivity (Wildman–Crippen MR) is 74.9 cm³/mol. The van der Waals surface area contributed by atoms with E-state index in [1.165, 1.54) is 12.1 Å². The molecule has 0 aromatic heterocycles. The molecular weight excluding hydrogens is 289 g/mol. The zero-order chi connectivity index (χ0) is 14.6. The molecule has 2 N–H and O–H groups in total. The zero-order valence-electron chi connectivity index (χ0n) is 10.7. The Balaban J connectivity index is 2.75. The number of halogens is 2. The number of carboxylic acid groups (broad SMARTS) is 1. The Morgan fingerprint density at radius 3 is 2.47 bits per heavy atom. The van der Waals surface area contributed by atoms with Crippen LogP contribution in [0, 0.1) is 0 Å². The van der Waals surface area contributed by atoms with Gasteiger partial charge in [0, 0.05) is 17.0 Å². The summed E-state index contributed by atoms with van der Waals surface area (Å²) in [5.74, 6) is -1.25. The molecule has 1 aromatic carbocycles. The molecule has 6 heteroatoms. The van der Waals surface area contributed by atoms with E-state index < -0.39 is 11.5 Å². The number of rotatable bonds is 5. The molecule has 19 heavy (non-hydrogen) atoms. The molecule has 0 aliphatic heterocycles. The minimum absolute atomic E-state index is 0.0123. The fourth-order valence-corrected chi connectivity index (χ4v) is 2.02. The van der Waals surface area contributed by atoms with Gasteiger partial charge >= 0.3 is 5.97 Å². The van der Waals surface area contributed by atoms with Gasteiger partial charge in [-0.2, -0.15) is 0 Å². The first-order valence-corrected chi connectivity index (χ1v) is 6.46. The summed E-state index contributed by atoms with van der Waals surface area (Å²) >= 11 is 11.7. The van der Waals surface area contributed by atoms with Gasteiger partial charge in [0.25, 0.3) is 5.91 Å². The van der Waals surface area contributed by atoms with Gasteiger partial charge in [0.2, 0.25) is 0 Å². The third-order valence-electron chi connectivity index (χ3n) is 2.59. The number of carbonyl (C=O) groups is 2. The molecule has 4 nitrogen and oxygen atoms in total. The van der Waals surface area contributed by atoms with Gasteiger partial charge in [-0.3, -0.25) is 9.59 Å². The van der Waals surface area contributed by atoms with E-state index in [0.717, 1.165) is 0 Å². The lowest BCUT2D eigenvalue weighted by atomic mass is 9.98. The highest BCUT2D eigenvalue weighted by atomic mass is 35.5. The van der Waals surface area contributed by atoms with Crippen molar-refractivity contribution >= 4 is 35.1 Å². The van der Waals surface area contributed by atoms with Crippen LogP contribution in [-0.2, 0) is 4.79 Å². The number of nitrogens with one attached hydrogen (secondary N) is 1. The van der Waals surface area contributed by atoms with E-state index >= 15 is 0 Å². The van der Waals surface area contributed by atoms with Gasteiger partial charge in [0.05, 0.1) is 10.6 Å². The van der Waals surface area contributed by atoms with E-state index in [1.807, 2.05) is 0 Å². The van der Waals surface area contributed by atoms with E-state index in [-0.39, 0.29) is 17.4 Å². The topological polar surface area (TPSA) is 66.4 Å². The summed E-state index contributed by atoms with van der Waals surface area (Å²) < 4.78 is 0. The van der Waals surface area contributed by atoms with Crippen molar-refractivity contribution < 1.29 is 14.7 Å². The van der Waals surface area contributed by atoms with Crippen LogP contribution < -0.4 is 5.32 Å². The van der Waals surface area contributed by atoms with E-state index in [2.05, 4.69) is 5.32 Å². The Kier molecular flexibility index (Phi) is 5.20.